The molecule has 5 heteroatoms. The highest BCUT2D eigenvalue weighted by Gasteiger charge is 2.37. The van der Waals surface area contributed by atoms with Crippen molar-refractivity contribution in [2.45, 2.75) is 37.6 Å². The lowest BCUT2D eigenvalue weighted by Crippen LogP contribution is -2.55. The van der Waals surface area contributed by atoms with Crippen molar-refractivity contribution in [1.29, 1.82) is 0 Å². The van der Waals surface area contributed by atoms with Crippen molar-refractivity contribution in [2.24, 2.45) is 5.73 Å². The molecule has 0 saturated heterocycles. The number of likely N-dealkylation sites (N-methyl/N-ethyl adjacent to an activating group) is 1. The van der Waals surface area contributed by atoms with E-state index in [1.807, 2.05) is 60.7 Å². The highest BCUT2D eigenvalue weighted by atomic mass is 16.3. The molecule has 5 nitrogen and oxygen atoms in total. The fourth-order valence-electron chi connectivity index (χ4n) is 2.76. The number of amides is 1. The molecular weight excluding hydrogens is 316 g/mol. The molecule has 0 saturated carbocycles. The molecule has 0 aromatic heterocycles. The largest absolute Gasteiger partial charge is 0.388 e. The van der Waals surface area contributed by atoms with Crippen molar-refractivity contribution in [1.82, 2.24) is 4.90 Å². The van der Waals surface area contributed by atoms with E-state index < -0.39 is 29.7 Å². The van der Waals surface area contributed by atoms with Gasteiger partial charge < -0.3 is 20.8 Å². The summed E-state index contributed by atoms with van der Waals surface area (Å²) in [6, 6.07) is 16.8. The van der Waals surface area contributed by atoms with E-state index in [-0.39, 0.29) is 0 Å². The standard InChI is InChI=1S/C20H26N2O3/c1-20(2,25)18(21)19(24)22(3)16(14-10-6-4-7-11-14)17(23)15-12-8-5-9-13-15/h4-13,16-18,23,25H,21H2,1-3H3/t16-,17-,18-/m1/s1. The molecule has 0 fully saturated rings. The number of benzene rings is 2. The van der Waals surface area contributed by atoms with Gasteiger partial charge in [-0.2, -0.15) is 0 Å². The van der Waals surface area contributed by atoms with Gasteiger partial charge in [0.15, 0.2) is 0 Å². The van der Waals surface area contributed by atoms with Crippen molar-refractivity contribution in [3.05, 3.63) is 71.8 Å². The maximum atomic E-state index is 12.8. The minimum absolute atomic E-state index is 0.434. The second-order valence-electron chi connectivity index (χ2n) is 6.79. The number of rotatable bonds is 6. The molecule has 2 rings (SSSR count). The van der Waals surface area contributed by atoms with E-state index in [1.54, 1.807) is 7.05 Å². The summed E-state index contributed by atoms with van der Waals surface area (Å²) in [6.45, 7) is 2.99. The Kier molecular flexibility index (Phi) is 5.95. The van der Waals surface area contributed by atoms with Gasteiger partial charge in [0.25, 0.3) is 0 Å². The number of aliphatic hydroxyl groups excluding tert-OH is 1. The zero-order valence-corrected chi connectivity index (χ0v) is 14.8. The zero-order chi connectivity index (χ0) is 18.6. The summed E-state index contributed by atoms with van der Waals surface area (Å²) in [5.74, 6) is -0.434. The van der Waals surface area contributed by atoms with Crippen molar-refractivity contribution < 1.29 is 15.0 Å². The molecule has 0 bridgehead atoms. The zero-order valence-electron chi connectivity index (χ0n) is 14.8. The fourth-order valence-corrected chi connectivity index (χ4v) is 2.76. The number of aliphatic hydroxyl groups is 2. The van der Waals surface area contributed by atoms with E-state index in [2.05, 4.69) is 0 Å². The van der Waals surface area contributed by atoms with E-state index in [0.29, 0.717) is 5.56 Å². The first-order valence-electron chi connectivity index (χ1n) is 8.26. The van der Waals surface area contributed by atoms with Crippen LogP contribution in [0.1, 0.15) is 37.1 Å². The molecule has 0 aliphatic rings. The molecule has 3 atom stereocenters. The highest BCUT2D eigenvalue weighted by Crippen LogP contribution is 2.34. The normalized spacial score (nSPS) is 15.3. The molecule has 0 aliphatic carbocycles. The first kappa shape index (κ1) is 19.1. The van der Waals surface area contributed by atoms with Crippen LogP contribution in [0.4, 0.5) is 0 Å². The molecule has 4 N–H and O–H groups in total. The molecule has 0 radical (unpaired) electrons. The third-order valence-electron chi connectivity index (χ3n) is 4.37. The van der Waals surface area contributed by atoms with Crippen LogP contribution in [0.25, 0.3) is 0 Å². The van der Waals surface area contributed by atoms with Gasteiger partial charge in [0.2, 0.25) is 5.91 Å². The van der Waals surface area contributed by atoms with Gasteiger partial charge in [-0.3, -0.25) is 4.79 Å². The van der Waals surface area contributed by atoms with Gasteiger partial charge in [0.05, 0.1) is 11.6 Å². The number of hydrogen-bond donors (Lipinski definition) is 3. The van der Waals surface area contributed by atoms with Gasteiger partial charge in [-0.05, 0) is 25.0 Å². The maximum absolute atomic E-state index is 12.8. The average Bonchev–Trinajstić information content (AvgIpc) is 2.61. The van der Waals surface area contributed by atoms with Crippen LogP contribution in [0, 0.1) is 0 Å². The number of carbonyl (C=O) groups is 1. The summed E-state index contributed by atoms with van der Waals surface area (Å²) in [5.41, 5.74) is 6.06. The van der Waals surface area contributed by atoms with Crippen molar-refractivity contribution in [3.63, 3.8) is 0 Å². The van der Waals surface area contributed by atoms with Crippen LogP contribution < -0.4 is 5.73 Å². The van der Waals surface area contributed by atoms with E-state index >= 15 is 0 Å². The SMILES string of the molecule is CN(C(=O)[C@@H](N)C(C)(C)O)[C@H](c1ccccc1)[C@H](O)c1ccccc1. The Labute approximate surface area is 148 Å². The van der Waals surface area contributed by atoms with Gasteiger partial charge in [0.1, 0.15) is 12.1 Å². The van der Waals surface area contributed by atoms with Crippen molar-refractivity contribution >= 4 is 5.91 Å². The third-order valence-corrected chi connectivity index (χ3v) is 4.37. The molecule has 0 unspecified atom stereocenters. The van der Waals surface area contributed by atoms with Crippen molar-refractivity contribution in [2.75, 3.05) is 7.05 Å². The van der Waals surface area contributed by atoms with E-state index in [9.17, 15) is 15.0 Å². The Morgan fingerprint density at radius 1 is 1.00 bits per heavy atom. The molecule has 134 valence electrons. The first-order chi connectivity index (χ1) is 11.7. The van der Waals surface area contributed by atoms with Crippen LogP contribution in [0.15, 0.2) is 60.7 Å². The van der Waals surface area contributed by atoms with Gasteiger partial charge >= 0.3 is 0 Å². The number of hydrogen-bond acceptors (Lipinski definition) is 4. The monoisotopic (exact) mass is 342 g/mol. The topological polar surface area (TPSA) is 86.8 Å². The summed E-state index contributed by atoms with van der Waals surface area (Å²) < 4.78 is 0. The third kappa shape index (κ3) is 4.45. The number of carbonyl (C=O) groups excluding carboxylic acids is 1. The van der Waals surface area contributed by atoms with Crippen molar-refractivity contribution in [3.8, 4) is 0 Å². The van der Waals surface area contributed by atoms with E-state index in [4.69, 9.17) is 5.73 Å². The molecule has 0 heterocycles. The fraction of sp³-hybridized carbons (Fsp3) is 0.350. The van der Waals surface area contributed by atoms with Crippen LogP contribution in [0.5, 0.6) is 0 Å². The first-order valence-corrected chi connectivity index (χ1v) is 8.26. The lowest BCUT2D eigenvalue weighted by molar-refractivity contribution is -0.141. The van der Waals surface area contributed by atoms with Crippen LogP contribution in [-0.4, -0.2) is 39.7 Å². The van der Waals surface area contributed by atoms with E-state index in [0.717, 1.165) is 5.56 Å². The Balaban J connectivity index is 2.40. The highest BCUT2D eigenvalue weighted by molar-refractivity contribution is 5.83. The predicted molar refractivity (Wildman–Crippen MR) is 97.6 cm³/mol. The van der Waals surface area contributed by atoms with Gasteiger partial charge in [-0.15, -0.1) is 0 Å². The smallest absolute Gasteiger partial charge is 0.242 e. The van der Waals surface area contributed by atoms with Crippen LogP contribution in [0.2, 0.25) is 0 Å². The molecule has 1 amide bonds. The van der Waals surface area contributed by atoms with Gasteiger partial charge in [-0.1, -0.05) is 60.7 Å². The lowest BCUT2D eigenvalue weighted by atomic mass is 9.92. The van der Waals surface area contributed by atoms with Crippen LogP contribution in [0.3, 0.4) is 0 Å². The lowest BCUT2D eigenvalue weighted by Gasteiger charge is -2.36. The predicted octanol–water partition coefficient (Wildman–Crippen LogP) is 2.02. The molecule has 0 aliphatic heterocycles. The Morgan fingerprint density at radius 3 is 1.88 bits per heavy atom. The summed E-state index contributed by atoms with van der Waals surface area (Å²) in [5, 5.41) is 21.0. The minimum Gasteiger partial charge on any atom is -0.388 e. The summed E-state index contributed by atoms with van der Waals surface area (Å²) in [6.07, 6.45) is -0.924. The Bertz CT molecular complexity index is 683. The Hall–Kier alpha value is -2.21. The average molecular weight is 342 g/mol. The van der Waals surface area contributed by atoms with Crippen LogP contribution in [-0.2, 0) is 4.79 Å². The van der Waals surface area contributed by atoms with Crippen LogP contribution >= 0.6 is 0 Å². The summed E-state index contributed by atoms with van der Waals surface area (Å²) >= 11 is 0. The molecule has 0 spiro atoms. The van der Waals surface area contributed by atoms with Gasteiger partial charge in [-0.25, -0.2) is 0 Å². The molecular formula is C20H26N2O3. The summed E-state index contributed by atoms with van der Waals surface area (Å²) in [7, 11) is 1.60. The molecule has 25 heavy (non-hydrogen) atoms. The molecule has 2 aromatic rings. The second kappa shape index (κ2) is 7.78. The minimum atomic E-state index is -1.36. The van der Waals surface area contributed by atoms with Gasteiger partial charge in [0, 0.05) is 7.05 Å². The molecule has 2 aromatic carbocycles. The quantitative estimate of drug-likeness (QED) is 0.749. The second-order valence-corrected chi connectivity index (χ2v) is 6.79. The maximum Gasteiger partial charge on any atom is 0.242 e. The number of nitrogens with two attached hydrogens (primary N) is 1. The Morgan fingerprint density at radius 2 is 1.44 bits per heavy atom. The number of nitrogens with zero attached hydrogens (tertiary/aromatic N) is 1. The summed E-state index contributed by atoms with van der Waals surface area (Å²) in [4.78, 5) is 14.2. The van der Waals surface area contributed by atoms with E-state index in [1.165, 1.54) is 18.7 Å².